The quantitative estimate of drug-likeness (QED) is 0.638. The Labute approximate surface area is 122 Å². The van der Waals surface area contributed by atoms with E-state index in [0.717, 1.165) is 11.1 Å². The molecule has 2 aromatic rings. The number of esters is 1. The minimum atomic E-state index is -0.620. The second-order valence-electron chi connectivity index (χ2n) is 4.73. The van der Waals surface area contributed by atoms with Crippen LogP contribution >= 0.6 is 0 Å². The molecule has 21 heavy (non-hydrogen) atoms. The van der Waals surface area contributed by atoms with E-state index in [9.17, 15) is 14.0 Å². The van der Waals surface area contributed by atoms with Crippen molar-refractivity contribution >= 4 is 11.8 Å². The summed E-state index contributed by atoms with van der Waals surface area (Å²) in [7, 11) is 0. The molecule has 0 fully saturated rings. The molecule has 0 aliphatic carbocycles. The fourth-order valence-electron chi connectivity index (χ4n) is 1.95. The Kier molecular flexibility index (Phi) is 4.48. The van der Waals surface area contributed by atoms with Crippen LogP contribution in [0, 0.1) is 19.7 Å². The van der Waals surface area contributed by atoms with Gasteiger partial charge in [0.15, 0.2) is 6.61 Å². The zero-order chi connectivity index (χ0) is 15.4. The van der Waals surface area contributed by atoms with Crippen molar-refractivity contribution in [3.63, 3.8) is 0 Å². The molecule has 0 radical (unpaired) electrons. The Morgan fingerprint density at radius 2 is 1.67 bits per heavy atom. The molecule has 0 unspecified atom stereocenters. The summed E-state index contributed by atoms with van der Waals surface area (Å²) in [6, 6.07) is 10.9. The van der Waals surface area contributed by atoms with E-state index < -0.39 is 24.2 Å². The SMILES string of the molecule is Cc1cccc(C(=O)OCC(=O)c2ccccc2F)c1C. The molecule has 0 saturated carbocycles. The van der Waals surface area contributed by atoms with Gasteiger partial charge in [0, 0.05) is 0 Å². The largest absolute Gasteiger partial charge is 0.454 e. The number of rotatable bonds is 4. The first-order valence-corrected chi connectivity index (χ1v) is 6.51. The number of carbonyl (C=O) groups is 2. The molecule has 4 heteroatoms. The molecule has 108 valence electrons. The zero-order valence-electron chi connectivity index (χ0n) is 11.9. The second-order valence-corrected chi connectivity index (χ2v) is 4.73. The van der Waals surface area contributed by atoms with Crippen molar-refractivity contribution in [2.24, 2.45) is 0 Å². The minimum Gasteiger partial charge on any atom is -0.454 e. The number of Topliss-reactive ketones (excluding diaryl/α,β-unsaturated/α-hetero) is 1. The number of aryl methyl sites for hydroxylation is 1. The normalized spacial score (nSPS) is 10.2. The van der Waals surface area contributed by atoms with Gasteiger partial charge in [0.25, 0.3) is 0 Å². The lowest BCUT2D eigenvalue weighted by atomic mass is 10.0. The smallest absolute Gasteiger partial charge is 0.338 e. The molecule has 0 spiro atoms. The number of hydrogen-bond donors (Lipinski definition) is 0. The maximum atomic E-state index is 13.4. The molecule has 0 saturated heterocycles. The van der Waals surface area contributed by atoms with Crippen LogP contribution in [0.5, 0.6) is 0 Å². The fraction of sp³-hybridized carbons (Fsp3) is 0.176. The third-order valence-electron chi connectivity index (χ3n) is 3.33. The van der Waals surface area contributed by atoms with Crippen LogP contribution in [0.2, 0.25) is 0 Å². The molecule has 0 amide bonds. The van der Waals surface area contributed by atoms with Crippen molar-refractivity contribution in [2.75, 3.05) is 6.61 Å². The monoisotopic (exact) mass is 286 g/mol. The Balaban J connectivity index is 2.06. The number of halogens is 1. The number of ketones is 1. The van der Waals surface area contributed by atoms with E-state index in [2.05, 4.69) is 0 Å². The summed E-state index contributed by atoms with van der Waals surface area (Å²) in [5, 5.41) is 0. The number of hydrogen-bond acceptors (Lipinski definition) is 3. The molecular formula is C17H15FO3. The highest BCUT2D eigenvalue weighted by Gasteiger charge is 2.16. The third kappa shape index (κ3) is 3.34. The molecular weight excluding hydrogens is 271 g/mol. The van der Waals surface area contributed by atoms with Gasteiger partial charge in [-0.1, -0.05) is 24.3 Å². The third-order valence-corrected chi connectivity index (χ3v) is 3.33. The van der Waals surface area contributed by atoms with Gasteiger partial charge in [0.05, 0.1) is 11.1 Å². The second kappa shape index (κ2) is 6.31. The lowest BCUT2D eigenvalue weighted by Crippen LogP contribution is -2.16. The Morgan fingerprint density at radius 1 is 1.00 bits per heavy atom. The fourth-order valence-corrected chi connectivity index (χ4v) is 1.95. The molecule has 0 N–H and O–H groups in total. The van der Waals surface area contributed by atoms with E-state index in [4.69, 9.17) is 4.74 Å². The Bertz CT molecular complexity index is 692. The topological polar surface area (TPSA) is 43.4 Å². The first-order chi connectivity index (χ1) is 10.0. The minimum absolute atomic E-state index is 0.0775. The van der Waals surface area contributed by atoms with Gasteiger partial charge in [0.1, 0.15) is 5.82 Å². The average molecular weight is 286 g/mol. The van der Waals surface area contributed by atoms with Crippen molar-refractivity contribution in [3.05, 3.63) is 70.5 Å². The highest BCUT2D eigenvalue weighted by atomic mass is 19.1. The predicted molar refractivity (Wildman–Crippen MR) is 76.9 cm³/mol. The van der Waals surface area contributed by atoms with Crippen LogP contribution in [-0.2, 0) is 4.74 Å². The predicted octanol–water partition coefficient (Wildman–Crippen LogP) is 3.48. The van der Waals surface area contributed by atoms with E-state index in [-0.39, 0.29) is 5.56 Å². The summed E-state index contributed by atoms with van der Waals surface area (Å²) in [6.45, 7) is 3.22. The summed E-state index contributed by atoms with van der Waals surface area (Å²) in [6.07, 6.45) is 0. The van der Waals surface area contributed by atoms with Crippen LogP contribution < -0.4 is 0 Å². The molecule has 0 heterocycles. The van der Waals surface area contributed by atoms with Crippen LogP contribution in [0.4, 0.5) is 4.39 Å². The summed E-state index contributed by atoms with van der Waals surface area (Å²) in [5.74, 6) is -1.77. The van der Waals surface area contributed by atoms with E-state index in [1.807, 2.05) is 19.9 Å². The summed E-state index contributed by atoms with van der Waals surface area (Å²) < 4.78 is 18.4. The molecule has 2 aromatic carbocycles. The van der Waals surface area contributed by atoms with E-state index >= 15 is 0 Å². The van der Waals surface area contributed by atoms with Crippen LogP contribution in [0.25, 0.3) is 0 Å². The molecule has 3 nitrogen and oxygen atoms in total. The van der Waals surface area contributed by atoms with Crippen molar-refractivity contribution in [3.8, 4) is 0 Å². The van der Waals surface area contributed by atoms with E-state index in [1.54, 1.807) is 18.2 Å². The number of ether oxygens (including phenoxy) is 1. The standard InChI is InChI=1S/C17H15FO3/c1-11-6-5-8-13(12(11)2)17(20)21-10-16(19)14-7-3-4-9-15(14)18/h3-9H,10H2,1-2H3. The van der Waals surface area contributed by atoms with Gasteiger partial charge in [-0.15, -0.1) is 0 Å². The van der Waals surface area contributed by atoms with Gasteiger partial charge in [-0.05, 0) is 43.2 Å². The highest BCUT2D eigenvalue weighted by molar-refractivity contribution is 5.99. The van der Waals surface area contributed by atoms with Crippen molar-refractivity contribution in [1.82, 2.24) is 0 Å². The zero-order valence-corrected chi connectivity index (χ0v) is 11.9. The van der Waals surface area contributed by atoms with Gasteiger partial charge in [-0.3, -0.25) is 4.79 Å². The number of benzene rings is 2. The summed E-state index contributed by atoms with van der Waals surface area (Å²) in [5.41, 5.74) is 2.10. The van der Waals surface area contributed by atoms with E-state index in [0.29, 0.717) is 5.56 Å². The molecule has 0 aliphatic heterocycles. The van der Waals surface area contributed by atoms with Crippen molar-refractivity contribution in [1.29, 1.82) is 0 Å². The van der Waals surface area contributed by atoms with Crippen LogP contribution in [0.3, 0.4) is 0 Å². The van der Waals surface area contributed by atoms with Crippen LogP contribution in [0.1, 0.15) is 31.8 Å². The van der Waals surface area contributed by atoms with Crippen LogP contribution in [-0.4, -0.2) is 18.4 Å². The molecule has 0 atom stereocenters. The first-order valence-electron chi connectivity index (χ1n) is 6.51. The van der Waals surface area contributed by atoms with Crippen molar-refractivity contribution < 1.29 is 18.7 Å². The van der Waals surface area contributed by atoms with Gasteiger partial charge in [-0.25, -0.2) is 9.18 Å². The molecule has 0 aromatic heterocycles. The van der Waals surface area contributed by atoms with Gasteiger partial charge in [-0.2, -0.15) is 0 Å². The average Bonchev–Trinajstić information content (AvgIpc) is 2.47. The van der Waals surface area contributed by atoms with E-state index in [1.165, 1.54) is 18.2 Å². The highest BCUT2D eigenvalue weighted by Crippen LogP contribution is 2.14. The van der Waals surface area contributed by atoms with Crippen LogP contribution in [0.15, 0.2) is 42.5 Å². The Hall–Kier alpha value is -2.49. The lowest BCUT2D eigenvalue weighted by Gasteiger charge is -2.08. The summed E-state index contributed by atoms with van der Waals surface area (Å²) in [4.78, 5) is 23.8. The molecule has 0 aliphatic rings. The van der Waals surface area contributed by atoms with Gasteiger partial charge >= 0.3 is 5.97 Å². The molecule has 0 bridgehead atoms. The maximum Gasteiger partial charge on any atom is 0.338 e. The lowest BCUT2D eigenvalue weighted by molar-refractivity contribution is 0.0472. The first kappa shape index (κ1) is 14.9. The number of carbonyl (C=O) groups excluding carboxylic acids is 2. The van der Waals surface area contributed by atoms with Gasteiger partial charge in [0.2, 0.25) is 5.78 Å². The maximum absolute atomic E-state index is 13.4. The Morgan fingerprint density at radius 3 is 2.38 bits per heavy atom. The van der Waals surface area contributed by atoms with Crippen molar-refractivity contribution in [2.45, 2.75) is 13.8 Å². The molecule has 2 rings (SSSR count). The van der Waals surface area contributed by atoms with Gasteiger partial charge < -0.3 is 4.74 Å². The summed E-state index contributed by atoms with van der Waals surface area (Å²) >= 11 is 0.